The second kappa shape index (κ2) is 53.2. The molecule has 12 aromatic rings. The van der Waals surface area contributed by atoms with Gasteiger partial charge in [0.25, 0.3) is 30.1 Å². The molecule has 37 heteroatoms. The molecule has 3 saturated heterocycles. The predicted octanol–water partition coefficient (Wildman–Crippen LogP) is 13.5. The molecule has 134 heavy (non-hydrogen) atoms. The number of Topliss-reactive ketones (excluding diaryl/α,β-unsaturated/α-hetero) is 1. The molecule has 3 aromatic carbocycles. The monoisotopic (exact) mass is 1930 g/mol. The summed E-state index contributed by atoms with van der Waals surface area (Å²) in [6.45, 7) is 15.6. The van der Waals surface area contributed by atoms with Gasteiger partial charge in [-0.1, -0.05) is 84.3 Å². The van der Waals surface area contributed by atoms with Gasteiger partial charge in [-0.15, -0.1) is 12.4 Å². The number of halogens is 1. The van der Waals surface area contributed by atoms with Crippen LogP contribution in [0.5, 0.6) is 0 Å². The van der Waals surface area contributed by atoms with Crippen LogP contribution in [0.4, 0.5) is 0 Å². The summed E-state index contributed by atoms with van der Waals surface area (Å²) in [5.41, 5.74) is 9.73. The number of ether oxygens (including phenoxy) is 3. The number of fused-ring (bicyclic) bond motifs is 3. The molecular formula is C97H131BClN15NaO16S3. The first-order chi connectivity index (χ1) is 61.8. The summed E-state index contributed by atoms with van der Waals surface area (Å²) in [6.07, 6.45) is 40.3. The van der Waals surface area contributed by atoms with Crippen molar-refractivity contribution in [2.45, 2.75) is 211 Å². The smallest absolute Gasteiger partial charge is 0.793 e. The normalized spacial score (nSPS) is 18.1. The number of aromatic nitrogens is 12. The van der Waals surface area contributed by atoms with Gasteiger partial charge in [-0.05, 0) is 205 Å². The summed E-state index contributed by atoms with van der Waals surface area (Å²) in [6, 6.07) is 33.1. The van der Waals surface area contributed by atoms with Crippen LogP contribution in [-0.4, -0.2) is 214 Å². The van der Waals surface area contributed by atoms with Crippen LogP contribution in [0.2, 0.25) is 0 Å². The summed E-state index contributed by atoms with van der Waals surface area (Å²) in [5.74, 6) is -0.327. The Bertz CT molecular complexity index is 5790. The Labute approximate surface area is 819 Å². The fraction of sp³-hybridized carbons (Fsp3) is 0.464. The molecule has 6 aliphatic rings. The quantitative estimate of drug-likeness (QED) is 0.0600. The van der Waals surface area contributed by atoms with E-state index in [1.54, 1.807) is 136 Å². The van der Waals surface area contributed by atoms with Crippen molar-refractivity contribution < 1.29 is 103 Å². The third kappa shape index (κ3) is 29.0. The van der Waals surface area contributed by atoms with Gasteiger partial charge in [0.05, 0.1) is 33.3 Å². The molecule has 0 unspecified atom stereocenters. The number of pyridine rings is 3. The molecule has 0 atom stereocenters. The standard InChI is InChI=1S/2C29H35N5O3S.C23H22N4O3S.C6H13NO.C4H6O4.C2H3BO2.4CH4.ClH.Na/c2*1-32-20-24(19-31-32)28-21-34(38(35,36)26-7-3-2-4-8-26)29-27(28)17-23(18-30-29)22-9-11-25(12-10-22)33-13-5-15-37-16-6-14-33;1-26-14-18(13-25-26)22-15-27(31(29,30)20-5-3-2-4-6-20)23-21(22)11-17(12-24-23)16-7-9-19(28)10-8-16;1-3-7-4-2-6-8-5-1;1-3(5)7-8-4(2)6;1-2(4)5-3;;;;;;/h2*2-4,7-8,17-22,25H,5-6,9-16H2,1H3;2-6,11-16H,7-10H2,1H3;7H,1-6H2;1-2H3;1H3;4*1H4;1H;/q;;;;;-1;;;;;;+1. The van der Waals surface area contributed by atoms with Crippen molar-refractivity contribution in [3.8, 4) is 33.4 Å². The van der Waals surface area contributed by atoms with Crippen LogP contribution in [0.25, 0.3) is 66.5 Å². The SMILES string of the molecule is C.C.C.C.C1CNCCCOC1.CC(=O)OOC(C)=O.Cl.Cn1cc(-c2cn(S(=O)(=O)c3ccccc3)c3ncc(C4CCC(=O)CC4)cc23)cn1.Cn1cc(-c2cn(S(=O)(=O)c3ccccc3)c3ncc(C4CCC(N5CCCOCCC5)CC4)cc23)cn1.Cn1cc(-c2cn(S(=O)(=O)c3ccccc3)c3ncc(C4CCC(N5CCCOCCC5)CC4)cc23)cn1.[B-]OC(C)=O.[Na+]. The van der Waals surface area contributed by atoms with Crippen molar-refractivity contribution in [3.63, 3.8) is 0 Å². The van der Waals surface area contributed by atoms with E-state index in [2.05, 4.69) is 70.0 Å². The maximum Gasteiger partial charge on any atom is 1.00 e. The van der Waals surface area contributed by atoms with E-state index in [0.717, 1.165) is 212 Å². The summed E-state index contributed by atoms with van der Waals surface area (Å²) in [7, 11) is -1.52. The van der Waals surface area contributed by atoms with Gasteiger partial charge in [0.2, 0.25) is 5.97 Å². The number of aryl methyl sites for hydroxylation is 3. The molecule has 0 bridgehead atoms. The minimum atomic E-state index is -3.81. The predicted molar refractivity (Wildman–Crippen MR) is 520 cm³/mol. The number of nitrogens with zero attached hydrogens (tertiary/aromatic N) is 14. The number of carbonyl (C=O) groups is 4. The van der Waals surface area contributed by atoms with Gasteiger partial charge < -0.3 is 42.0 Å². The van der Waals surface area contributed by atoms with E-state index in [4.69, 9.17) is 24.2 Å². The number of nitrogens with one attached hydrogen (secondary N) is 1. The summed E-state index contributed by atoms with van der Waals surface area (Å²) in [4.78, 5) is 68.6. The van der Waals surface area contributed by atoms with Gasteiger partial charge in [0.1, 0.15) is 5.78 Å². The van der Waals surface area contributed by atoms with Gasteiger partial charge in [-0.2, -0.15) is 15.3 Å². The molecule has 719 valence electrons. The average Bonchev–Trinajstić information content (AvgIpc) is 1.61. The molecule has 9 aromatic heterocycles. The minimum Gasteiger partial charge on any atom is -0.793 e. The Kier molecular flexibility index (Phi) is 44.2. The Morgan fingerprint density at radius 2 is 0.679 bits per heavy atom. The van der Waals surface area contributed by atoms with Crippen LogP contribution >= 0.6 is 12.4 Å². The Morgan fingerprint density at radius 1 is 0.403 bits per heavy atom. The fourth-order valence-electron chi connectivity index (χ4n) is 17.4. The molecule has 3 radical (unpaired) electrons. The van der Waals surface area contributed by atoms with E-state index >= 15 is 0 Å². The number of benzene rings is 3. The van der Waals surface area contributed by atoms with Crippen LogP contribution in [0.15, 0.2) is 198 Å². The summed E-state index contributed by atoms with van der Waals surface area (Å²) < 4.78 is 110. The van der Waals surface area contributed by atoms with E-state index in [0.29, 0.717) is 59.5 Å². The van der Waals surface area contributed by atoms with Crippen molar-refractivity contribution in [2.24, 2.45) is 21.1 Å². The van der Waals surface area contributed by atoms with E-state index in [-0.39, 0.29) is 92.3 Å². The zero-order chi connectivity index (χ0) is 90.3. The summed E-state index contributed by atoms with van der Waals surface area (Å²) >= 11 is 0. The molecule has 6 fully saturated rings. The second-order valence-corrected chi connectivity index (χ2v) is 38.4. The first kappa shape index (κ1) is 111. The first-order valence-corrected chi connectivity index (χ1v) is 48.2. The van der Waals surface area contributed by atoms with Crippen molar-refractivity contribution in [1.29, 1.82) is 0 Å². The number of carbonyl (C=O) groups excluding carboxylic acids is 4. The number of rotatable bonds is 14. The molecule has 12 heterocycles. The third-order valence-electron chi connectivity index (χ3n) is 23.9. The minimum absolute atomic E-state index is 0. The molecule has 0 amide bonds. The van der Waals surface area contributed by atoms with E-state index < -0.39 is 48.0 Å². The zero-order valence-electron chi connectivity index (χ0n) is 74.9. The molecule has 0 spiro atoms. The summed E-state index contributed by atoms with van der Waals surface area (Å²) in [5, 5.41) is 18.7. The number of hydrogen-bond acceptors (Lipinski definition) is 25. The van der Waals surface area contributed by atoms with Gasteiger partial charge in [0, 0.05) is 238 Å². The first-order valence-electron chi connectivity index (χ1n) is 43.9. The van der Waals surface area contributed by atoms with E-state index in [1.807, 2.05) is 70.3 Å². The third-order valence-corrected chi connectivity index (χ3v) is 28.9. The van der Waals surface area contributed by atoms with Crippen LogP contribution in [0.1, 0.15) is 200 Å². The van der Waals surface area contributed by atoms with Gasteiger partial charge in [-0.25, -0.2) is 71.5 Å². The van der Waals surface area contributed by atoms with Gasteiger partial charge >= 0.3 is 41.5 Å². The van der Waals surface area contributed by atoms with Crippen molar-refractivity contribution >= 4 is 107 Å². The van der Waals surface area contributed by atoms with Crippen LogP contribution in [0, 0.1) is 0 Å². The Morgan fingerprint density at radius 3 is 0.940 bits per heavy atom. The molecule has 3 saturated carbocycles. The number of hydrogen-bond donors (Lipinski definition) is 1. The maximum atomic E-state index is 13.6. The van der Waals surface area contributed by atoms with Crippen LogP contribution in [-0.2, 0) is 99.0 Å². The van der Waals surface area contributed by atoms with Crippen molar-refractivity contribution in [1.82, 2.24) is 71.3 Å². The fourth-order valence-corrected chi connectivity index (χ4v) is 21.4. The van der Waals surface area contributed by atoms with E-state index in [9.17, 15) is 44.4 Å². The Balaban J connectivity index is 0.000000242. The molecule has 31 nitrogen and oxygen atoms in total. The molecule has 18 rings (SSSR count). The number of ketones is 1. The Hall–Kier alpha value is -9.60. The van der Waals surface area contributed by atoms with E-state index in [1.165, 1.54) is 68.5 Å². The maximum absolute atomic E-state index is 13.6. The topological polar surface area (TPSA) is 352 Å². The van der Waals surface area contributed by atoms with Crippen LogP contribution < -0.4 is 34.9 Å². The molecule has 3 aliphatic carbocycles. The second-order valence-electron chi connectivity index (χ2n) is 33.0. The average molecular weight is 1930 g/mol. The largest absolute Gasteiger partial charge is 1.00 e. The van der Waals surface area contributed by atoms with Gasteiger partial charge in [-0.3, -0.25) is 23.6 Å². The zero-order valence-corrected chi connectivity index (χ0v) is 80.2. The van der Waals surface area contributed by atoms with Crippen LogP contribution in [0.3, 0.4) is 0 Å². The molecule has 1 N–H and O–H groups in total. The van der Waals surface area contributed by atoms with Gasteiger partial charge in [0.15, 0.2) is 16.9 Å². The molecule has 3 aliphatic heterocycles. The van der Waals surface area contributed by atoms with Crippen molar-refractivity contribution in [2.75, 3.05) is 78.9 Å². The van der Waals surface area contributed by atoms with Crippen molar-refractivity contribution in [3.05, 3.63) is 200 Å². The molecular weight excluding hydrogens is 1800 g/mol.